The summed E-state index contributed by atoms with van der Waals surface area (Å²) in [7, 11) is 0. The molecule has 0 heterocycles. The highest BCUT2D eigenvalue weighted by atomic mass is 79.9. The zero-order chi connectivity index (χ0) is 14.8. The predicted octanol–water partition coefficient (Wildman–Crippen LogP) is 2.54. The second-order valence-electron chi connectivity index (χ2n) is 4.66. The fraction of sp³-hybridized carbons (Fsp3) is 0.417. The summed E-state index contributed by atoms with van der Waals surface area (Å²) in [4.78, 5) is 11.7. The molecule has 19 heavy (non-hydrogen) atoms. The fourth-order valence-electron chi connectivity index (χ4n) is 1.99. The van der Waals surface area contributed by atoms with E-state index in [2.05, 4.69) is 15.9 Å². The van der Waals surface area contributed by atoms with Gasteiger partial charge in [-0.25, -0.2) is 8.60 Å². The van der Waals surface area contributed by atoms with Gasteiger partial charge in [0, 0.05) is 10.0 Å². The lowest BCUT2D eigenvalue weighted by Crippen LogP contribution is -2.46. The average molecular weight is 352 g/mol. The van der Waals surface area contributed by atoms with Crippen LogP contribution in [-0.2, 0) is 20.6 Å². The van der Waals surface area contributed by atoms with Crippen molar-refractivity contribution in [3.05, 3.63) is 34.1 Å². The highest BCUT2D eigenvalue weighted by molar-refractivity contribution is 9.10. The molecule has 1 rings (SSSR count). The first-order valence-electron chi connectivity index (χ1n) is 5.58. The molecule has 0 fully saturated rings. The third-order valence-electron chi connectivity index (χ3n) is 2.76. The quantitative estimate of drug-likeness (QED) is 0.799. The Labute approximate surface area is 122 Å². The number of primary amides is 1. The van der Waals surface area contributed by atoms with Gasteiger partial charge in [-0.05, 0) is 24.5 Å². The molecule has 2 unspecified atom stereocenters. The van der Waals surface area contributed by atoms with Gasteiger partial charge in [-0.1, -0.05) is 35.8 Å². The number of carbonyl (C=O) groups is 1. The van der Waals surface area contributed by atoms with Gasteiger partial charge in [0.25, 0.3) is 0 Å². The summed E-state index contributed by atoms with van der Waals surface area (Å²) < 4.78 is 33.8. The van der Waals surface area contributed by atoms with E-state index in [0.29, 0.717) is 4.47 Å². The van der Waals surface area contributed by atoms with Gasteiger partial charge >= 0.3 is 0 Å². The first-order valence-corrected chi connectivity index (χ1v) is 7.48. The molecule has 4 nitrogen and oxygen atoms in total. The Bertz CT molecular complexity index is 508. The average Bonchev–Trinajstić information content (AvgIpc) is 2.25. The predicted molar refractivity (Wildman–Crippen MR) is 75.2 cm³/mol. The van der Waals surface area contributed by atoms with Crippen molar-refractivity contribution in [1.29, 1.82) is 0 Å². The van der Waals surface area contributed by atoms with Gasteiger partial charge in [0.05, 0.1) is 0 Å². The molecule has 0 aliphatic rings. The monoisotopic (exact) mass is 351 g/mol. The van der Waals surface area contributed by atoms with Crippen LogP contribution in [0.5, 0.6) is 0 Å². The second kappa shape index (κ2) is 6.11. The van der Waals surface area contributed by atoms with Crippen molar-refractivity contribution in [2.45, 2.75) is 25.0 Å². The lowest BCUT2D eigenvalue weighted by atomic mass is 9.88. The van der Waals surface area contributed by atoms with E-state index < -0.39 is 27.6 Å². The van der Waals surface area contributed by atoms with E-state index in [1.165, 1.54) is 12.1 Å². The molecule has 3 N–H and O–H groups in total. The number of rotatable bonds is 5. The van der Waals surface area contributed by atoms with Gasteiger partial charge in [-0.3, -0.25) is 4.79 Å². The standard InChI is InChI=1S/C12H15BrFNO3S/c1-7(2)6-12(11(15)16,19(17)18)9-4-3-8(13)5-10(9)14/h3-5,7H,6H2,1-2H3,(H2,15,16)(H,17,18). The van der Waals surface area contributed by atoms with E-state index >= 15 is 0 Å². The highest BCUT2D eigenvalue weighted by Gasteiger charge is 2.47. The van der Waals surface area contributed by atoms with Gasteiger partial charge in [0.2, 0.25) is 5.91 Å². The summed E-state index contributed by atoms with van der Waals surface area (Å²) in [6.45, 7) is 3.53. The first kappa shape index (κ1) is 16.3. The van der Waals surface area contributed by atoms with Crippen LogP contribution in [0, 0.1) is 11.7 Å². The molecule has 0 radical (unpaired) electrons. The topological polar surface area (TPSA) is 80.4 Å². The largest absolute Gasteiger partial charge is 0.368 e. The molecular weight excluding hydrogens is 337 g/mol. The van der Waals surface area contributed by atoms with E-state index in [-0.39, 0.29) is 17.9 Å². The van der Waals surface area contributed by atoms with Crippen molar-refractivity contribution in [1.82, 2.24) is 0 Å². The Morgan fingerprint density at radius 3 is 2.53 bits per heavy atom. The van der Waals surface area contributed by atoms with Crippen LogP contribution >= 0.6 is 15.9 Å². The third kappa shape index (κ3) is 3.21. The molecule has 0 aliphatic heterocycles. The van der Waals surface area contributed by atoms with E-state index in [4.69, 9.17) is 5.73 Å². The lowest BCUT2D eigenvalue weighted by molar-refractivity contribution is -0.121. The van der Waals surface area contributed by atoms with E-state index in [0.717, 1.165) is 6.07 Å². The number of carbonyl (C=O) groups excluding carboxylic acids is 1. The fourth-order valence-corrected chi connectivity index (χ4v) is 3.32. The van der Waals surface area contributed by atoms with Crippen LogP contribution in [-0.4, -0.2) is 14.7 Å². The van der Waals surface area contributed by atoms with Crippen LogP contribution in [0.2, 0.25) is 0 Å². The first-order chi connectivity index (χ1) is 8.71. The molecular formula is C12H15BrFNO3S. The maximum absolute atomic E-state index is 14.0. The van der Waals surface area contributed by atoms with Crippen LogP contribution in [0.25, 0.3) is 0 Å². The summed E-state index contributed by atoms with van der Waals surface area (Å²) >= 11 is 0.483. The Balaban J connectivity index is 3.53. The van der Waals surface area contributed by atoms with Crippen molar-refractivity contribution in [2.24, 2.45) is 11.7 Å². The van der Waals surface area contributed by atoms with Crippen LogP contribution in [0.1, 0.15) is 25.8 Å². The van der Waals surface area contributed by atoms with Crippen LogP contribution < -0.4 is 5.73 Å². The van der Waals surface area contributed by atoms with Gasteiger partial charge < -0.3 is 10.3 Å². The zero-order valence-corrected chi connectivity index (χ0v) is 12.9. The van der Waals surface area contributed by atoms with Crippen molar-refractivity contribution in [3.8, 4) is 0 Å². The number of nitrogens with two attached hydrogens (primary N) is 1. The molecule has 7 heteroatoms. The molecule has 0 spiro atoms. The molecule has 1 aromatic carbocycles. The molecule has 0 bridgehead atoms. The number of hydrogen-bond donors (Lipinski definition) is 2. The Hall–Kier alpha value is -0.790. The highest BCUT2D eigenvalue weighted by Crippen LogP contribution is 2.36. The van der Waals surface area contributed by atoms with Crippen LogP contribution in [0.3, 0.4) is 0 Å². The van der Waals surface area contributed by atoms with Crippen molar-refractivity contribution in [2.75, 3.05) is 0 Å². The number of amides is 1. The molecule has 1 amide bonds. The van der Waals surface area contributed by atoms with Crippen LogP contribution in [0.15, 0.2) is 22.7 Å². The van der Waals surface area contributed by atoms with Crippen LogP contribution in [0.4, 0.5) is 4.39 Å². The Morgan fingerprint density at radius 1 is 1.58 bits per heavy atom. The summed E-state index contributed by atoms with van der Waals surface area (Å²) in [5, 5.41) is 0. The summed E-state index contributed by atoms with van der Waals surface area (Å²) in [6.07, 6.45) is -0.00992. The van der Waals surface area contributed by atoms with Gasteiger partial charge in [-0.15, -0.1) is 0 Å². The molecule has 1 aromatic rings. The summed E-state index contributed by atoms with van der Waals surface area (Å²) in [5.41, 5.74) is 5.13. The Kier molecular flexibility index (Phi) is 5.23. The van der Waals surface area contributed by atoms with E-state index in [1.807, 2.05) is 0 Å². The zero-order valence-electron chi connectivity index (χ0n) is 10.5. The number of benzene rings is 1. The number of hydrogen-bond acceptors (Lipinski definition) is 2. The minimum Gasteiger partial charge on any atom is -0.368 e. The molecule has 106 valence electrons. The summed E-state index contributed by atoms with van der Waals surface area (Å²) in [6, 6.07) is 3.95. The smallest absolute Gasteiger partial charge is 0.243 e. The SMILES string of the molecule is CC(C)CC(C(N)=O)(c1ccc(Br)cc1F)S(=O)O. The van der Waals surface area contributed by atoms with Crippen molar-refractivity contribution >= 4 is 32.9 Å². The summed E-state index contributed by atoms with van der Waals surface area (Å²) in [5.74, 6) is -1.86. The molecule has 0 saturated heterocycles. The van der Waals surface area contributed by atoms with Gasteiger partial charge in [0.1, 0.15) is 5.82 Å². The number of halogens is 2. The molecule has 2 atom stereocenters. The lowest BCUT2D eigenvalue weighted by Gasteiger charge is -2.29. The maximum atomic E-state index is 14.0. The molecule has 0 aliphatic carbocycles. The van der Waals surface area contributed by atoms with Crippen molar-refractivity contribution < 1.29 is 17.9 Å². The molecule has 0 aromatic heterocycles. The minimum absolute atomic E-state index is 0.00992. The second-order valence-corrected chi connectivity index (χ2v) is 6.77. The third-order valence-corrected chi connectivity index (χ3v) is 4.44. The van der Waals surface area contributed by atoms with E-state index in [9.17, 15) is 17.9 Å². The van der Waals surface area contributed by atoms with Crippen molar-refractivity contribution in [3.63, 3.8) is 0 Å². The van der Waals surface area contributed by atoms with Gasteiger partial charge in [0.15, 0.2) is 15.8 Å². The van der Waals surface area contributed by atoms with Gasteiger partial charge in [-0.2, -0.15) is 0 Å². The molecule has 0 saturated carbocycles. The minimum atomic E-state index is -2.61. The van der Waals surface area contributed by atoms with E-state index in [1.54, 1.807) is 13.8 Å². The maximum Gasteiger partial charge on any atom is 0.243 e. The Morgan fingerprint density at radius 2 is 2.16 bits per heavy atom. The normalized spacial score (nSPS) is 16.1.